The Balaban J connectivity index is 1.74. The topological polar surface area (TPSA) is 76.5 Å². The summed E-state index contributed by atoms with van der Waals surface area (Å²) in [5.41, 5.74) is 0.605. The number of rotatable bonds is 4. The van der Waals surface area contributed by atoms with E-state index in [2.05, 4.69) is 9.97 Å². The van der Waals surface area contributed by atoms with Crippen LogP contribution in [-0.4, -0.2) is 35.6 Å². The summed E-state index contributed by atoms with van der Waals surface area (Å²) in [5.74, 6) is 0.517. The highest BCUT2D eigenvalue weighted by Gasteiger charge is 2.30. The zero-order chi connectivity index (χ0) is 16.2. The Morgan fingerprint density at radius 3 is 3.09 bits per heavy atom. The van der Waals surface area contributed by atoms with Gasteiger partial charge in [-0.25, -0.2) is 4.98 Å². The quantitative estimate of drug-likeness (QED) is 0.795. The van der Waals surface area contributed by atoms with Gasteiger partial charge in [0.2, 0.25) is 0 Å². The number of benzene rings is 1. The summed E-state index contributed by atoms with van der Waals surface area (Å²) in [5, 5.41) is 0.606. The number of fused-ring (bicyclic) bond motifs is 1. The van der Waals surface area contributed by atoms with Crippen LogP contribution in [0.1, 0.15) is 25.6 Å². The van der Waals surface area contributed by atoms with Crippen molar-refractivity contribution >= 4 is 16.9 Å². The number of carbonyl (C=O) groups excluding carboxylic acids is 1. The van der Waals surface area contributed by atoms with E-state index >= 15 is 0 Å². The molecule has 0 spiro atoms. The average Bonchev–Trinajstić information content (AvgIpc) is 2.55. The van der Waals surface area contributed by atoms with Crippen molar-refractivity contribution in [1.29, 1.82) is 0 Å². The molecule has 1 aliphatic rings. The molecule has 0 saturated carbocycles. The zero-order valence-corrected chi connectivity index (χ0v) is 13.3. The number of aromatic nitrogens is 2. The van der Waals surface area contributed by atoms with Gasteiger partial charge < -0.3 is 14.6 Å². The Kier molecular flexibility index (Phi) is 4.71. The Bertz CT molecular complexity index is 756. The van der Waals surface area contributed by atoms with Gasteiger partial charge in [0.15, 0.2) is 5.82 Å². The number of piperidine rings is 1. The molecule has 6 nitrogen and oxygen atoms in total. The minimum absolute atomic E-state index is 0.0501. The standard InChI is InChI=1S/C17H21N3O3/c1-2-23-17(22)12-6-5-9-20(10-12)11-15-18-14-8-4-3-7-13(14)16(21)19-15/h3-4,7-8,12H,2,5-6,9-11H2,1H3,(H,18,19,21)/p+1/t12-/m0/s1. The molecule has 6 heteroatoms. The van der Waals surface area contributed by atoms with Gasteiger partial charge in [-0.05, 0) is 31.9 Å². The fourth-order valence-electron chi connectivity index (χ4n) is 3.23. The molecule has 0 radical (unpaired) electrons. The van der Waals surface area contributed by atoms with Crippen LogP contribution in [0.2, 0.25) is 0 Å². The molecular formula is C17H22N3O3+. The first-order valence-electron chi connectivity index (χ1n) is 8.15. The molecule has 1 aromatic carbocycles. The third-order valence-corrected chi connectivity index (χ3v) is 4.32. The van der Waals surface area contributed by atoms with Gasteiger partial charge in [-0.1, -0.05) is 12.1 Å². The molecule has 0 aliphatic carbocycles. The van der Waals surface area contributed by atoms with Gasteiger partial charge in [0.1, 0.15) is 12.5 Å². The van der Waals surface area contributed by atoms with E-state index in [-0.39, 0.29) is 17.4 Å². The van der Waals surface area contributed by atoms with Gasteiger partial charge in [-0.15, -0.1) is 0 Å². The van der Waals surface area contributed by atoms with Crippen LogP contribution in [0.3, 0.4) is 0 Å². The highest BCUT2D eigenvalue weighted by molar-refractivity contribution is 5.77. The largest absolute Gasteiger partial charge is 0.466 e. The number of quaternary nitrogens is 1. The Morgan fingerprint density at radius 1 is 1.43 bits per heavy atom. The van der Waals surface area contributed by atoms with Gasteiger partial charge in [-0.3, -0.25) is 9.59 Å². The molecule has 2 aromatic rings. The molecule has 1 fully saturated rings. The van der Waals surface area contributed by atoms with E-state index in [0.717, 1.165) is 25.9 Å². The van der Waals surface area contributed by atoms with Crippen molar-refractivity contribution in [3.63, 3.8) is 0 Å². The summed E-state index contributed by atoms with van der Waals surface area (Å²) >= 11 is 0. The van der Waals surface area contributed by atoms with E-state index in [0.29, 0.717) is 29.9 Å². The van der Waals surface area contributed by atoms with Gasteiger partial charge in [-0.2, -0.15) is 0 Å². The normalized spacial score (nSPS) is 21.3. The lowest BCUT2D eigenvalue weighted by atomic mass is 9.98. The van der Waals surface area contributed by atoms with E-state index in [1.165, 1.54) is 4.90 Å². The lowest BCUT2D eigenvalue weighted by molar-refractivity contribution is -0.921. The van der Waals surface area contributed by atoms with E-state index < -0.39 is 0 Å². The summed E-state index contributed by atoms with van der Waals surface area (Å²) in [4.78, 5) is 32.7. The maximum atomic E-state index is 12.1. The van der Waals surface area contributed by atoms with Crippen molar-refractivity contribution in [2.45, 2.75) is 26.3 Å². The number of likely N-dealkylation sites (tertiary alicyclic amines) is 1. The third kappa shape index (κ3) is 3.59. The smallest absolute Gasteiger partial charge is 0.314 e. The summed E-state index contributed by atoms with van der Waals surface area (Å²) in [6.45, 7) is 4.58. The molecule has 0 bridgehead atoms. The molecule has 0 amide bonds. The molecule has 1 saturated heterocycles. The number of hydrogen-bond donors (Lipinski definition) is 2. The summed E-state index contributed by atoms with van der Waals surface area (Å²) in [7, 11) is 0. The molecule has 1 aromatic heterocycles. The Hall–Kier alpha value is -2.21. The molecule has 1 aliphatic heterocycles. The van der Waals surface area contributed by atoms with E-state index in [9.17, 15) is 9.59 Å². The zero-order valence-electron chi connectivity index (χ0n) is 13.3. The highest BCUT2D eigenvalue weighted by atomic mass is 16.5. The number of H-pyrrole nitrogens is 1. The first-order valence-corrected chi connectivity index (χ1v) is 8.15. The average molecular weight is 316 g/mol. The molecule has 2 heterocycles. The molecule has 3 rings (SSSR count). The number of nitrogens with one attached hydrogen (secondary N) is 2. The van der Waals surface area contributed by atoms with E-state index in [1.54, 1.807) is 6.07 Å². The van der Waals surface area contributed by atoms with Crippen LogP contribution in [-0.2, 0) is 16.1 Å². The second kappa shape index (κ2) is 6.91. The minimum atomic E-state index is -0.107. The van der Waals surface area contributed by atoms with Crippen molar-refractivity contribution in [3.8, 4) is 0 Å². The number of hydrogen-bond acceptors (Lipinski definition) is 4. The van der Waals surface area contributed by atoms with Gasteiger partial charge in [0.05, 0.1) is 30.6 Å². The van der Waals surface area contributed by atoms with Crippen molar-refractivity contribution in [3.05, 3.63) is 40.4 Å². The molecule has 2 atom stereocenters. The fraction of sp³-hybridized carbons (Fsp3) is 0.471. The van der Waals surface area contributed by atoms with Crippen molar-refractivity contribution < 1.29 is 14.4 Å². The minimum Gasteiger partial charge on any atom is -0.466 e. The SMILES string of the molecule is CCOC(=O)[C@H]1CCC[NH+](Cc2nc3ccccc3c(=O)[nH]2)C1. The van der Waals surface area contributed by atoms with E-state index in [4.69, 9.17) is 4.74 Å². The molecule has 23 heavy (non-hydrogen) atoms. The van der Waals surface area contributed by atoms with Crippen molar-refractivity contribution in [1.82, 2.24) is 9.97 Å². The lowest BCUT2D eigenvalue weighted by Gasteiger charge is -2.28. The number of aromatic amines is 1. The lowest BCUT2D eigenvalue weighted by Crippen LogP contribution is -3.12. The van der Waals surface area contributed by atoms with Gasteiger partial charge >= 0.3 is 5.97 Å². The van der Waals surface area contributed by atoms with Crippen molar-refractivity contribution in [2.24, 2.45) is 5.92 Å². The summed E-state index contributed by atoms with van der Waals surface area (Å²) in [6.07, 6.45) is 1.86. The van der Waals surface area contributed by atoms with Crippen LogP contribution in [0.25, 0.3) is 10.9 Å². The van der Waals surface area contributed by atoms with E-state index in [1.807, 2.05) is 25.1 Å². The van der Waals surface area contributed by atoms with Crippen LogP contribution in [0.4, 0.5) is 0 Å². The number of esters is 1. The first kappa shape index (κ1) is 15.7. The third-order valence-electron chi connectivity index (χ3n) is 4.32. The maximum Gasteiger partial charge on any atom is 0.314 e. The van der Waals surface area contributed by atoms with Gasteiger partial charge in [0.25, 0.3) is 5.56 Å². The van der Waals surface area contributed by atoms with Crippen LogP contribution in [0, 0.1) is 5.92 Å². The fourth-order valence-corrected chi connectivity index (χ4v) is 3.23. The van der Waals surface area contributed by atoms with Crippen LogP contribution in [0.15, 0.2) is 29.1 Å². The second-order valence-electron chi connectivity index (χ2n) is 6.00. The van der Waals surface area contributed by atoms with Gasteiger partial charge in [0, 0.05) is 0 Å². The monoisotopic (exact) mass is 316 g/mol. The summed E-state index contributed by atoms with van der Waals surface area (Å²) < 4.78 is 5.13. The number of ether oxygens (including phenoxy) is 1. The summed E-state index contributed by atoms with van der Waals surface area (Å²) in [6, 6.07) is 7.33. The van der Waals surface area contributed by atoms with Crippen LogP contribution < -0.4 is 10.5 Å². The number of carbonyl (C=O) groups is 1. The Labute approximate surface area is 134 Å². The predicted molar refractivity (Wildman–Crippen MR) is 86.1 cm³/mol. The first-order chi connectivity index (χ1) is 11.2. The molecule has 1 unspecified atom stereocenters. The Morgan fingerprint density at radius 2 is 2.26 bits per heavy atom. The molecule has 2 N–H and O–H groups in total. The van der Waals surface area contributed by atoms with Crippen LogP contribution in [0.5, 0.6) is 0 Å². The highest BCUT2D eigenvalue weighted by Crippen LogP contribution is 2.10. The number of nitrogens with zero attached hydrogens (tertiary/aromatic N) is 1. The second-order valence-corrected chi connectivity index (χ2v) is 6.00. The van der Waals surface area contributed by atoms with Crippen LogP contribution >= 0.6 is 0 Å². The van der Waals surface area contributed by atoms with Crippen molar-refractivity contribution in [2.75, 3.05) is 19.7 Å². The maximum absolute atomic E-state index is 12.1. The number of para-hydroxylation sites is 1. The molecular weight excluding hydrogens is 294 g/mol. The molecule has 122 valence electrons. The predicted octanol–water partition coefficient (Wildman–Crippen LogP) is 0.281.